The first-order valence-electron chi connectivity index (χ1n) is 18.1. The number of nitrogens with zero attached hydrogens (tertiary/aromatic N) is 1. The van der Waals surface area contributed by atoms with Crippen LogP contribution in [0.15, 0.2) is 120 Å². The van der Waals surface area contributed by atoms with E-state index >= 15 is 0 Å². The molecule has 6 nitrogen and oxygen atoms in total. The fourth-order valence-electron chi connectivity index (χ4n) is 7.89. The fraction of sp³-hybridized carbons (Fsp3) is 0.182. The summed E-state index contributed by atoms with van der Waals surface area (Å²) >= 11 is 0. The highest BCUT2D eigenvalue weighted by Crippen LogP contribution is 2.45. The average Bonchev–Trinajstić information content (AvgIpc) is 3.13. The summed E-state index contributed by atoms with van der Waals surface area (Å²) in [5.74, 6) is -0.192. The van der Waals surface area contributed by atoms with E-state index in [-0.39, 0.29) is 36.3 Å². The molecule has 0 unspecified atom stereocenters. The maximum absolute atomic E-state index is 14.4. The number of aliphatic hydroxyl groups excluding tert-OH is 1. The van der Waals surface area contributed by atoms with Crippen LogP contribution in [0.2, 0.25) is 0 Å². The quantitative estimate of drug-likeness (QED) is 0.152. The van der Waals surface area contributed by atoms with Gasteiger partial charge in [0.05, 0.1) is 16.5 Å². The zero-order valence-corrected chi connectivity index (χ0v) is 30.3. The van der Waals surface area contributed by atoms with E-state index in [0.717, 1.165) is 49.5 Å². The number of carbonyl (C=O) groups excluding carboxylic acids is 1. The third-order valence-electron chi connectivity index (χ3n) is 10.9. The number of hydrogen-bond donors (Lipinski definition) is 4. The number of anilines is 3. The van der Waals surface area contributed by atoms with Crippen LogP contribution in [0.5, 0.6) is 0 Å². The maximum Gasteiger partial charge on any atom is 0.427 e. The first kappa shape index (κ1) is 32.2. The summed E-state index contributed by atoms with van der Waals surface area (Å²) < 4.78 is 0. The summed E-state index contributed by atoms with van der Waals surface area (Å²) in [6, 6.07) is 37.5. The lowest BCUT2D eigenvalue weighted by molar-refractivity contribution is -0.109. The van der Waals surface area contributed by atoms with Crippen LogP contribution in [0, 0.1) is 0 Å². The molecule has 0 aromatic heterocycles. The molecule has 0 spiro atoms. The molecule has 6 aromatic carbocycles. The molecule has 3 aliphatic rings. The van der Waals surface area contributed by atoms with E-state index in [1.54, 1.807) is 0 Å². The van der Waals surface area contributed by atoms with Gasteiger partial charge in [0.1, 0.15) is 5.76 Å². The zero-order valence-electron chi connectivity index (χ0n) is 30.3. The molecule has 0 fully saturated rings. The summed E-state index contributed by atoms with van der Waals surface area (Å²) in [5.41, 5.74) is 8.80. The Labute approximate surface area is 304 Å². The number of benzene rings is 6. The van der Waals surface area contributed by atoms with E-state index in [9.17, 15) is 9.90 Å². The Balaban J connectivity index is 1.18. The van der Waals surface area contributed by atoms with Crippen LogP contribution >= 0.6 is 0 Å². The predicted molar refractivity (Wildman–Crippen MR) is 219 cm³/mol. The van der Waals surface area contributed by atoms with Crippen molar-refractivity contribution in [2.24, 2.45) is 4.90 Å². The van der Waals surface area contributed by atoms with Gasteiger partial charge in [-0.15, -0.1) is 0 Å². The lowest BCUT2D eigenvalue weighted by Gasteiger charge is -2.31. The van der Waals surface area contributed by atoms with Gasteiger partial charge < -0.3 is 25.7 Å². The van der Waals surface area contributed by atoms with Crippen molar-refractivity contribution in [1.82, 2.24) is 0 Å². The van der Waals surface area contributed by atoms with E-state index in [1.165, 1.54) is 11.1 Å². The van der Waals surface area contributed by atoms with Crippen LogP contribution in [-0.4, -0.2) is 24.9 Å². The SMILES string of the molecule is CC(C)(C)c1ccc(B2N=c3c(=C4C(=O)C(c5ccc6cccc7c6c5NB(c5ccc(C(C)(C)C)cc5)N7)=C4O)ccc4cccc(c34)N2)cc1. The van der Waals surface area contributed by atoms with Gasteiger partial charge in [-0.1, -0.05) is 139 Å². The number of rotatable bonds is 3. The molecule has 8 heteroatoms. The smallest absolute Gasteiger partial charge is 0.427 e. The Morgan fingerprint density at radius 3 is 1.79 bits per heavy atom. The highest BCUT2D eigenvalue weighted by molar-refractivity contribution is 6.80. The first-order valence-corrected chi connectivity index (χ1v) is 18.1. The van der Waals surface area contributed by atoms with Gasteiger partial charge in [0.15, 0.2) is 0 Å². The Morgan fingerprint density at radius 1 is 0.596 bits per heavy atom. The van der Waals surface area contributed by atoms with Crippen LogP contribution < -0.4 is 37.2 Å². The number of aliphatic hydroxyl groups is 1. The van der Waals surface area contributed by atoms with Crippen molar-refractivity contribution in [1.29, 1.82) is 0 Å². The monoisotopic (exact) mass is 678 g/mol. The van der Waals surface area contributed by atoms with Crippen molar-refractivity contribution in [3.63, 3.8) is 0 Å². The Kier molecular flexibility index (Phi) is 7.04. The number of ketones is 1. The molecular weight excluding hydrogens is 638 g/mol. The van der Waals surface area contributed by atoms with Crippen molar-refractivity contribution in [3.8, 4) is 0 Å². The van der Waals surface area contributed by atoms with Gasteiger partial charge in [-0.05, 0) is 55.8 Å². The number of carbonyl (C=O) groups is 1. The lowest BCUT2D eigenvalue weighted by Crippen LogP contribution is -2.48. The summed E-state index contributed by atoms with van der Waals surface area (Å²) in [4.78, 5) is 19.6. The molecule has 0 saturated carbocycles. The minimum Gasteiger partial charge on any atom is -0.506 e. The minimum absolute atomic E-state index is 0.00242. The Bertz CT molecular complexity index is 2650. The van der Waals surface area contributed by atoms with Gasteiger partial charge in [0.2, 0.25) is 5.78 Å². The molecule has 6 aromatic rings. The molecular formula is C44H40B2N4O2. The number of allylic oxidation sites excluding steroid dienone is 2. The molecule has 0 radical (unpaired) electrons. The molecule has 254 valence electrons. The molecule has 0 atom stereocenters. The molecule has 0 saturated heterocycles. The van der Waals surface area contributed by atoms with Crippen LogP contribution in [0.25, 0.3) is 32.7 Å². The molecule has 4 N–H and O–H groups in total. The third kappa shape index (κ3) is 5.03. The molecule has 0 bridgehead atoms. The van der Waals surface area contributed by atoms with Gasteiger partial charge >= 0.3 is 14.0 Å². The third-order valence-corrected chi connectivity index (χ3v) is 10.9. The van der Waals surface area contributed by atoms with Crippen molar-refractivity contribution in [2.75, 3.05) is 15.7 Å². The van der Waals surface area contributed by atoms with E-state index in [1.807, 2.05) is 36.4 Å². The summed E-state index contributed by atoms with van der Waals surface area (Å²) in [7, 11) is 0. The van der Waals surface area contributed by atoms with Crippen LogP contribution in [0.3, 0.4) is 0 Å². The lowest BCUT2D eigenvalue weighted by atomic mass is 9.65. The summed E-state index contributed by atoms with van der Waals surface area (Å²) in [6.07, 6.45) is 0. The topological polar surface area (TPSA) is 85.8 Å². The van der Waals surface area contributed by atoms with Crippen molar-refractivity contribution in [2.45, 2.75) is 52.4 Å². The molecule has 2 heterocycles. The summed E-state index contributed by atoms with van der Waals surface area (Å²) in [6.45, 7) is 12.7. The van der Waals surface area contributed by atoms with Crippen molar-refractivity contribution in [3.05, 3.63) is 142 Å². The average molecular weight is 678 g/mol. The highest BCUT2D eigenvalue weighted by Gasteiger charge is 2.39. The molecule has 1 aliphatic carbocycles. The second-order valence-electron chi connectivity index (χ2n) is 16.3. The van der Waals surface area contributed by atoms with Crippen LogP contribution in [0.1, 0.15) is 58.2 Å². The van der Waals surface area contributed by atoms with E-state index in [0.29, 0.717) is 27.3 Å². The minimum atomic E-state index is -0.343. The predicted octanol–water partition coefficient (Wildman–Crippen LogP) is 6.96. The van der Waals surface area contributed by atoms with Gasteiger partial charge in [-0.25, -0.2) is 0 Å². The van der Waals surface area contributed by atoms with Crippen LogP contribution in [0.4, 0.5) is 17.1 Å². The van der Waals surface area contributed by atoms with Gasteiger partial charge in [-0.2, -0.15) is 0 Å². The second-order valence-corrected chi connectivity index (χ2v) is 16.3. The van der Waals surface area contributed by atoms with E-state index in [4.69, 9.17) is 4.90 Å². The zero-order chi connectivity index (χ0) is 36.1. The van der Waals surface area contributed by atoms with Gasteiger partial charge in [0, 0.05) is 38.6 Å². The van der Waals surface area contributed by atoms with E-state index in [2.05, 4.69) is 130 Å². The Morgan fingerprint density at radius 2 is 1.17 bits per heavy atom. The first-order chi connectivity index (χ1) is 24.9. The van der Waals surface area contributed by atoms with E-state index < -0.39 is 0 Å². The molecule has 9 rings (SSSR count). The molecule has 52 heavy (non-hydrogen) atoms. The molecule has 2 aliphatic heterocycles. The van der Waals surface area contributed by atoms with Crippen molar-refractivity contribution < 1.29 is 9.90 Å². The summed E-state index contributed by atoms with van der Waals surface area (Å²) in [5, 5.41) is 28.3. The Hall–Kier alpha value is -5.75. The standard InChI is InChI=1S/C44H40B2N4O2/c1-43(2,3)27-15-19-29(20-16-27)45-47-33-11-7-9-25-13-23-31(39(49-45)35(25)33)37-41(51)38(42(37)52)32-24-14-26-10-8-12-34-36(26)40(32)50-46(48-34)30-21-17-28(18-22-30)44(4,5)6/h7-24,47-49,51H,1-6H3. The maximum atomic E-state index is 14.4. The molecule has 0 amide bonds. The van der Waals surface area contributed by atoms with Gasteiger partial charge in [-0.3, -0.25) is 4.79 Å². The number of Topliss-reactive ketones (excluding diaryl/α,β-unsaturated/α-hetero) is 1. The second kappa shape index (κ2) is 11.4. The number of hydrogen-bond acceptors (Lipinski definition) is 6. The van der Waals surface area contributed by atoms with Crippen molar-refractivity contribution >= 4 is 80.4 Å². The van der Waals surface area contributed by atoms with Crippen LogP contribution in [-0.2, 0) is 15.6 Å². The fourth-order valence-corrected chi connectivity index (χ4v) is 7.89. The number of nitrogens with one attached hydrogen (secondary N) is 3. The van der Waals surface area contributed by atoms with Gasteiger partial charge in [0.25, 0.3) is 0 Å². The highest BCUT2D eigenvalue weighted by atomic mass is 16.3. The normalized spacial score (nSPS) is 16.3. The largest absolute Gasteiger partial charge is 0.506 e.